The average Bonchev–Trinajstić information content (AvgIpc) is 2.49. The third-order valence-corrected chi connectivity index (χ3v) is 3.92. The van der Waals surface area contributed by atoms with Gasteiger partial charge in [-0.05, 0) is 30.3 Å². The second-order valence-corrected chi connectivity index (χ2v) is 5.30. The fraction of sp³-hybridized carbons (Fsp3) is 0.267. The highest BCUT2D eigenvalue weighted by molar-refractivity contribution is 6.33. The molecule has 20 heavy (non-hydrogen) atoms. The van der Waals surface area contributed by atoms with E-state index in [4.69, 9.17) is 17.3 Å². The average molecular weight is 289 g/mol. The van der Waals surface area contributed by atoms with E-state index >= 15 is 0 Å². The molecule has 3 rings (SSSR count). The molecule has 2 heterocycles. The molecule has 0 amide bonds. The molecule has 4 nitrogen and oxygen atoms in total. The van der Waals surface area contributed by atoms with Gasteiger partial charge in [-0.1, -0.05) is 11.6 Å². The molecule has 0 saturated carbocycles. The van der Waals surface area contributed by atoms with Gasteiger partial charge in [0.25, 0.3) is 0 Å². The van der Waals surface area contributed by atoms with Gasteiger partial charge in [-0.3, -0.25) is 4.98 Å². The Morgan fingerprint density at radius 3 is 2.25 bits per heavy atom. The molecule has 0 bridgehead atoms. The van der Waals surface area contributed by atoms with Crippen LogP contribution in [-0.4, -0.2) is 31.2 Å². The van der Waals surface area contributed by atoms with Crippen molar-refractivity contribution in [3.63, 3.8) is 0 Å². The van der Waals surface area contributed by atoms with Crippen molar-refractivity contribution in [2.24, 2.45) is 0 Å². The molecule has 1 aromatic carbocycles. The maximum absolute atomic E-state index is 6.20. The zero-order valence-electron chi connectivity index (χ0n) is 11.2. The molecule has 0 spiro atoms. The van der Waals surface area contributed by atoms with Gasteiger partial charge in [0.15, 0.2) is 0 Å². The van der Waals surface area contributed by atoms with E-state index in [2.05, 4.69) is 26.9 Å². The smallest absolute Gasteiger partial charge is 0.0822 e. The third-order valence-electron chi connectivity index (χ3n) is 3.63. The van der Waals surface area contributed by atoms with Crippen LogP contribution in [0.2, 0.25) is 5.02 Å². The van der Waals surface area contributed by atoms with Gasteiger partial charge in [0.1, 0.15) is 0 Å². The van der Waals surface area contributed by atoms with Crippen LogP contribution in [0.1, 0.15) is 0 Å². The second-order valence-electron chi connectivity index (χ2n) is 4.89. The zero-order chi connectivity index (χ0) is 13.9. The van der Waals surface area contributed by atoms with Gasteiger partial charge < -0.3 is 15.5 Å². The Hall–Kier alpha value is -1.94. The minimum absolute atomic E-state index is 0.716. The molecule has 1 aliphatic rings. The molecule has 0 radical (unpaired) electrons. The number of nitrogens with two attached hydrogens (primary N) is 1. The SMILES string of the molecule is Nc1ccc(N2CCN(c3ccncc3Cl)CC2)cc1. The van der Waals surface area contributed by atoms with Gasteiger partial charge in [-0.2, -0.15) is 0 Å². The van der Waals surface area contributed by atoms with Gasteiger partial charge in [0.2, 0.25) is 0 Å². The highest BCUT2D eigenvalue weighted by Crippen LogP contribution is 2.26. The largest absolute Gasteiger partial charge is 0.399 e. The van der Waals surface area contributed by atoms with Crippen LogP contribution in [0.5, 0.6) is 0 Å². The molecule has 1 saturated heterocycles. The first kappa shape index (κ1) is 13.1. The molecule has 0 atom stereocenters. The zero-order valence-corrected chi connectivity index (χ0v) is 11.9. The number of nitrogens with zero attached hydrogens (tertiary/aromatic N) is 3. The van der Waals surface area contributed by atoms with Crippen molar-refractivity contribution >= 4 is 28.7 Å². The fourth-order valence-electron chi connectivity index (χ4n) is 2.52. The highest BCUT2D eigenvalue weighted by Gasteiger charge is 2.18. The molecular weight excluding hydrogens is 272 g/mol. The summed E-state index contributed by atoms with van der Waals surface area (Å²) in [5.41, 5.74) is 8.82. The lowest BCUT2D eigenvalue weighted by molar-refractivity contribution is 0.653. The summed E-state index contributed by atoms with van der Waals surface area (Å²) in [6.07, 6.45) is 3.48. The van der Waals surface area contributed by atoms with E-state index in [1.165, 1.54) is 5.69 Å². The van der Waals surface area contributed by atoms with Gasteiger partial charge in [0.05, 0.1) is 10.7 Å². The molecular formula is C15H17ClN4. The predicted molar refractivity (Wildman–Crippen MR) is 84.5 cm³/mol. The second kappa shape index (κ2) is 5.59. The molecule has 5 heteroatoms. The van der Waals surface area contributed by atoms with E-state index < -0.39 is 0 Å². The van der Waals surface area contributed by atoms with E-state index in [9.17, 15) is 0 Å². The maximum Gasteiger partial charge on any atom is 0.0822 e. The number of aromatic nitrogens is 1. The normalized spacial score (nSPS) is 15.4. The van der Waals surface area contributed by atoms with Crippen LogP contribution in [0.25, 0.3) is 0 Å². The number of pyridine rings is 1. The van der Waals surface area contributed by atoms with Gasteiger partial charge in [-0.15, -0.1) is 0 Å². The predicted octanol–water partition coefficient (Wildman–Crippen LogP) is 2.64. The van der Waals surface area contributed by atoms with E-state index in [0.29, 0.717) is 5.02 Å². The van der Waals surface area contributed by atoms with Crippen molar-refractivity contribution < 1.29 is 0 Å². The topological polar surface area (TPSA) is 45.4 Å². The fourth-order valence-corrected chi connectivity index (χ4v) is 2.75. The van der Waals surface area contributed by atoms with Crippen LogP contribution in [0.15, 0.2) is 42.7 Å². The van der Waals surface area contributed by atoms with Crippen LogP contribution in [-0.2, 0) is 0 Å². The summed E-state index contributed by atoms with van der Waals surface area (Å²) in [5, 5.41) is 0.716. The monoisotopic (exact) mass is 288 g/mol. The Morgan fingerprint density at radius 2 is 1.60 bits per heavy atom. The molecule has 1 fully saturated rings. The maximum atomic E-state index is 6.20. The van der Waals surface area contributed by atoms with Crippen molar-refractivity contribution in [1.29, 1.82) is 0 Å². The molecule has 2 aromatic rings. The number of piperazine rings is 1. The number of anilines is 3. The Morgan fingerprint density at radius 1 is 0.950 bits per heavy atom. The van der Waals surface area contributed by atoms with E-state index in [0.717, 1.165) is 37.6 Å². The van der Waals surface area contributed by atoms with E-state index in [-0.39, 0.29) is 0 Å². The minimum Gasteiger partial charge on any atom is -0.399 e. The van der Waals surface area contributed by atoms with Crippen LogP contribution in [0, 0.1) is 0 Å². The summed E-state index contributed by atoms with van der Waals surface area (Å²) in [6.45, 7) is 3.85. The molecule has 1 aliphatic heterocycles. The summed E-state index contributed by atoms with van der Waals surface area (Å²) in [4.78, 5) is 8.70. The Labute approximate surface area is 123 Å². The first-order valence-electron chi connectivity index (χ1n) is 6.69. The lowest BCUT2D eigenvalue weighted by Crippen LogP contribution is -2.46. The highest BCUT2D eigenvalue weighted by atomic mass is 35.5. The Kier molecular flexibility index (Phi) is 3.65. The lowest BCUT2D eigenvalue weighted by Gasteiger charge is -2.37. The quantitative estimate of drug-likeness (QED) is 0.863. The summed E-state index contributed by atoms with van der Waals surface area (Å²) in [7, 11) is 0. The number of rotatable bonds is 2. The molecule has 0 aliphatic carbocycles. The molecule has 104 valence electrons. The summed E-state index contributed by atoms with van der Waals surface area (Å²) >= 11 is 6.20. The van der Waals surface area contributed by atoms with Crippen molar-refractivity contribution in [2.45, 2.75) is 0 Å². The number of hydrogen-bond acceptors (Lipinski definition) is 4. The number of benzene rings is 1. The minimum atomic E-state index is 0.716. The standard InChI is InChI=1S/C15H17ClN4/c16-14-11-18-6-5-15(14)20-9-7-19(8-10-20)13-3-1-12(17)2-4-13/h1-6,11H,7-10,17H2. The van der Waals surface area contributed by atoms with Crippen molar-refractivity contribution in [1.82, 2.24) is 4.98 Å². The van der Waals surface area contributed by atoms with Gasteiger partial charge in [0, 0.05) is 49.9 Å². The van der Waals surface area contributed by atoms with Crippen molar-refractivity contribution in [2.75, 3.05) is 41.7 Å². The molecule has 1 aromatic heterocycles. The first-order chi connectivity index (χ1) is 9.74. The number of hydrogen-bond donors (Lipinski definition) is 1. The Balaban J connectivity index is 1.68. The van der Waals surface area contributed by atoms with E-state index in [1.807, 2.05) is 18.2 Å². The molecule has 2 N–H and O–H groups in total. The van der Waals surface area contributed by atoms with Gasteiger partial charge >= 0.3 is 0 Å². The van der Waals surface area contributed by atoms with Crippen LogP contribution in [0.4, 0.5) is 17.1 Å². The summed E-state index contributed by atoms with van der Waals surface area (Å²) < 4.78 is 0. The third kappa shape index (κ3) is 2.65. The van der Waals surface area contributed by atoms with Crippen LogP contribution < -0.4 is 15.5 Å². The van der Waals surface area contributed by atoms with Crippen LogP contribution >= 0.6 is 11.6 Å². The summed E-state index contributed by atoms with van der Waals surface area (Å²) in [5.74, 6) is 0. The lowest BCUT2D eigenvalue weighted by atomic mass is 10.2. The Bertz CT molecular complexity index is 577. The van der Waals surface area contributed by atoms with Crippen LogP contribution in [0.3, 0.4) is 0 Å². The first-order valence-corrected chi connectivity index (χ1v) is 7.07. The molecule has 0 unspecified atom stereocenters. The number of halogens is 1. The van der Waals surface area contributed by atoms with Gasteiger partial charge in [-0.25, -0.2) is 0 Å². The summed E-state index contributed by atoms with van der Waals surface area (Å²) in [6, 6.07) is 10.0. The van der Waals surface area contributed by atoms with Crippen molar-refractivity contribution in [3.8, 4) is 0 Å². The van der Waals surface area contributed by atoms with Crippen molar-refractivity contribution in [3.05, 3.63) is 47.7 Å². The number of nitrogen functional groups attached to an aromatic ring is 1. The van der Waals surface area contributed by atoms with E-state index in [1.54, 1.807) is 12.4 Å².